The van der Waals surface area contributed by atoms with Gasteiger partial charge in [-0.25, -0.2) is 19.2 Å². The largest absolute Gasteiger partial charge is 0.396 e. The first-order valence-corrected chi connectivity index (χ1v) is 9.46. The van der Waals surface area contributed by atoms with Gasteiger partial charge >= 0.3 is 6.03 Å². The van der Waals surface area contributed by atoms with Crippen LogP contribution in [0.3, 0.4) is 0 Å². The first kappa shape index (κ1) is 18.9. The SMILES string of the molecule is Cc1cc(F)ccc1-c1ccc(N)c(NC(=O)N2CC(Cc3nccn3C)C2)n1. The van der Waals surface area contributed by atoms with Crippen LogP contribution < -0.4 is 11.1 Å². The number of nitrogens with two attached hydrogens (primary N) is 1. The van der Waals surface area contributed by atoms with E-state index in [9.17, 15) is 9.18 Å². The monoisotopic (exact) mass is 394 g/mol. The Bertz CT molecular complexity index is 1060. The molecule has 0 unspecified atom stereocenters. The van der Waals surface area contributed by atoms with Gasteiger partial charge in [0.05, 0.1) is 11.4 Å². The number of aryl methyl sites for hydroxylation is 2. The third-order valence-electron chi connectivity index (χ3n) is 5.25. The molecule has 4 rings (SSSR count). The summed E-state index contributed by atoms with van der Waals surface area (Å²) in [5.74, 6) is 1.42. The van der Waals surface area contributed by atoms with Crippen molar-refractivity contribution in [2.45, 2.75) is 13.3 Å². The molecule has 0 bridgehead atoms. The molecule has 1 fully saturated rings. The van der Waals surface area contributed by atoms with Gasteiger partial charge in [0, 0.05) is 50.4 Å². The predicted octanol–water partition coefficient (Wildman–Crippen LogP) is 3.22. The number of nitrogens with one attached hydrogen (secondary N) is 1. The third-order valence-corrected chi connectivity index (χ3v) is 5.25. The normalized spacial score (nSPS) is 14.0. The van der Waals surface area contributed by atoms with E-state index in [1.165, 1.54) is 12.1 Å². The van der Waals surface area contributed by atoms with Crippen molar-refractivity contribution in [1.29, 1.82) is 0 Å². The van der Waals surface area contributed by atoms with Gasteiger partial charge in [-0.3, -0.25) is 5.32 Å². The molecular weight excluding hydrogens is 371 g/mol. The number of urea groups is 1. The van der Waals surface area contributed by atoms with Gasteiger partial charge in [0.2, 0.25) is 0 Å². The molecule has 3 aromatic rings. The Morgan fingerprint density at radius 2 is 2.10 bits per heavy atom. The Morgan fingerprint density at radius 1 is 1.31 bits per heavy atom. The first-order chi connectivity index (χ1) is 13.9. The number of likely N-dealkylation sites (tertiary alicyclic amines) is 1. The molecule has 1 aromatic carbocycles. The zero-order valence-corrected chi connectivity index (χ0v) is 16.4. The quantitative estimate of drug-likeness (QED) is 0.711. The predicted molar refractivity (Wildman–Crippen MR) is 110 cm³/mol. The number of anilines is 2. The number of nitrogen functional groups attached to an aromatic ring is 1. The Labute approximate surface area is 168 Å². The number of imidazole rings is 1. The average Bonchev–Trinajstić information content (AvgIpc) is 3.04. The fourth-order valence-electron chi connectivity index (χ4n) is 3.53. The summed E-state index contributed by atoms with van der Waals surface area (Å²) in [5.41, 5.74) is 8.57. The highest BCUT2D eigenvalue weighted by atomic mass is 19.1. The Hall–Kier alpha value is -3.42. The molecule has 0 aliphatic carbocycles. The highest BCUT2D eigenvalue weighted by Gasteiger charge is 2.32. The summed E-state index contributed by atoms with van der Waals surface area (Å²) in [6.45, 7) is 3.14. The van der Waals surface area contributed by atoms with Gasteiger partial charge in [-0.1, -0.05) is 0 Å². The van der Waals surface area contributed by atoms with Gasteiger partial charge in [-0.15, -0.1) is 0 Å². The number of nitrogens with zero attached hydrogens (tertiary/aromatic N) is 4. The van der Waals surface area contributed by atoms with Crippen LogP contribution in [0.5, 0.6) is 0 Å². The molecule has 3 N–H and O–H groups in total. The summed E-state index contributed by atoms with van der Waals surface area (Å²) in [4.78, 5) is 23.1. The van der Waals surface area contributed by atoms with Crippen LogP contribution in [0.25, 0.3) is 11.3 Å². The Morgan fingerprint density at radius 3 is 2.79 bits per heavy atom. The molecule has 0 spiro atoms. The molecule has 8 heteroatoms. The molecule has 1 aliphatic heterocycles. The summed E-state index contributed by atoms with van der Waals surface area (Å²) >= 11 is 0. The van der Waals surface area contributed by atoms with Crippen LogP contribution in [0, 0.1) is 18.7 Å². The maximum absolute atomic E-state index is 13.4. The first-order valence-electron chi connectivity index (χ1n) is 9.46. The van der Waals surface area contributed by atoms with Gasteiger partial charge in [-0.05, 0) is 42.8 Å². The maximum atomic E-state index is 13.4. The molecule has 0 saturated carbocycles. The highest BCUT2D eigenvalue weighted by molar-refractivity contribution is 5.92. The van der Waals surface area contributed by atoms with E-state index in [0.29, 0.717) is 36.2 Å². The smallest absolute Gasteiger partial charge is 0.323 e. The number of amides is 2. The van der Waals surface area contributed by atoms with E-state index >= 15 is 0 Å². The van der Waals surface area contributed by atoms with Crippen LogP contribution in [-0.2, 0) is 13.5 Å². The summed E-state index contributed by atoms with van der Waals surface area (Å²) in [7, 11) is 1.97. The van der Waals surface area contributed by atoms with E-state index < -0.39 is 0 Å². The van der Waals surface area contributed by atoms with E-state index in [1.807, 2.05) is 24.7 Å². The molecule has 7 nitrogen and oxygen atoms in total. The summed E-state index contributed by atoms with van der Waals surface area (Å²) < 4.78 is 15.4. The molecule has 2 aromatic heterocycles. The number of hydrogen-bond acceptors (Lipinski definition) is 4. The minimum Gasteiger partial charge on any atom is -0.396 e. The van der Waals surface area contributed by atoms with E-state index in [4.69, 9.17) is 5.73 Å². The lowest BCUT2D eigenvalue weighted by molar-refractivity contribution is 0.129. The number of hydrogen-bond donors (Lipinski definition) is 2. The number of aromatic nitrogens is 3. The van der Waals surface area contributed by atoms with E-state index in [0.717, 1.165) is 23.4 Å². The van der Waals surface area contributed by atoms with E-state index in [2.05, 4.69) is 15.3 Å². The van der Waals surface area contributed by atoms with Crippen molar-refractivity contribution in [2.75, 3.05) is 24.1 Å². The van der Waals surface area contributed by atoms with Crippen LogP contribution in [0.15, 0.2) is 42.7 Å². The van der Waals surface area contributed by atoms with Crippen molar-refractivity contribution in [3.8, 4) is 11.3 Å². The molecule has 2 amide bonds. The average molecular weight is 394 g/mol. The van der Waals surface area contributed by atoms with Crippen molar-refractivity contribution >= 4 is 17.5 Å². The fourth-order valence-corrected chi connectivity index (χ4v) is 3.53. The van der Waals surface area contributed by atoms with Crippen molar-refractivity contribution < 1.29 is 9.18 Å². The molecule has 1 aliphatic rings. The number of rotatable bonds is 4. The van der Waals surface area contributed by atoms with Crippen LogP contribution in [0.4, 0.5) is 20.7 Å². The number of benzene rings is 1. The number of pyridine rings is 1. The minimum atomic E-state index is -0.298. The van der Waals surface area contributed by atoms with Gasteiger partial charge in [0.1, 0.15) is 11.6 Å². The van der Waals surface area contributed by atoms with Crippen molar-refractivity contribution in [3.63, 3.8) is 0 Å². The van der Waals surface area contributed by atoms with E-state index in [1.54, 1.807) is 29.3 Å². The zero-order chi connectivity index (χ0) is 20.5. The minimum absolute atomic E-state index is 0.228. The number of carbonyl (C=O) groups excluding carboxylic acids is 1. The second-order valence-corrected chi connectivity index (χ2v) is 7.45. The van der Waals surface area contributed by atoms with Gasteiger partial charge < -0.3 is 15.2 Å². The second kappa shape index (κ2) is 7.54. The lowest BCUT2D eigenvalue weighted by Gasteiger charge is -2.39. The highest BCUT2D eigenvalue weighted by Crippen LogP contribution is 2.27. The zero-order valence-electron chi connectivity index (χ0n) is 16.4. The molecular formula is C21H23FN6O. The Balaban J connectivity index is 1.42. The Kier molecular flexibility index (Phi) is 4.92. The second-order valence-electron chi connectivity index (χ2n) is 7.45. The molecule has 0 atom stereocenters. The lowest BCUT2D eigenvalue weighted by atomic mass is 9.96. The topological polar surface area (TPSA) is 89.1 Å². The van der Waals surface area contributed by atoms with Crippen LogP contribution >= 0.6 is 0 Å². The molecule has 150 valence electrons. The molecule has 0 radical (unpaired) electrons. The molecule has 3 heterocycles. The standard InChI is InChI=1S/C21H23FN6O/c1-13-9-15(22)3-4-16(13)18-6-5-17(23)20(25-18)26-21(29)28-11-14(12-28)10-19-24-7-8-27(19)2/h3-9,14H,10-12,23H2,1-2H3,(H,25,26,29). The van der Waals surface area contributed by atoms with Crippen LogP contribution in [-0.4, -0.2) is 38.6 Å². The van der Waals surface area contributed by atoms with Crippen LogP contribution in [0.1, 0.15) is 11.4 Å². The van der Waals surface area contributed by atoms with Crippen LogP contribution in [0.2, 0.25) is 0 Å². The molecule has 29 heavy (non-hydrogen) atoms. The maximum Gasteiger partial charge on any atom is 0.323 e. The lowest BCUT2D eigenvalue weighted by Crippen LogP contribution is -2.52. The van der Waals surface area contributed by atoms with Gasteiger partial charge in [0.15, 0.2) is 5.82 Å². The fraction of sp³-hybridized carbons (Fsp3) is 0.286. The van der Waals surface area contributed by atoms with Gasteiger partial charge in [-0.2, -0.15) is 0 Å². The third kappa shape index (κ3) is 3.91. The number of halogens is 1. The van der Waals surface area contributed by atoms with Crippen molar-refractivity contribution in [1.82, 2.24) is 19.4 Å². The van der Waals surface area contributed by atoms with Crippen molar-refractivity contribution in [3.05, 3.63) is 59.9 Å². The summed E-state index contributed by atoms with van der Waals surface area (Å²) in [6.07, 6.45) is 4.54. The number of carbonyl (C=O) groups is 1. The summed E-state index contributed by atoms with van der Waals surface area (Å²) in [5, 5.41) is 2.80. The van der Waals surface area contributed by atoms with Gasteiger partial charge in [0.25, 0.3) is 0 Å². The summed E-state index contributed by atoms with van der Waals surface area (Å²) in [6, 6.07) is 7.74. The van der Waals surface area contributed by atoms with Crippen molar-refractivity contribution in [2.24, 2.45) is 13.0 Å². The van der Waals surface area contributed by atoms with E-state index in [-0.39, 0.29) is 11.8 Å². The molecule has 1 saturated heterocycles.